The summed E-state index contributed by atoms with van der Waals surface area (Å²) < 4.78 is 17.3. The second-order valence-electron chi connectivity index (χ2n) is 7.98. The van der Waals surface area contributed by atoms with Crippen molar-refractivity contribution < 1.29 is 14.2 Å². The quantitative estimate of drug-likeness (QED) is 0.328. The highest BCUT2D eigenvalue weighted by Gasteiger charge is 2.12. The van der Waals surface area contributed by atoms with Gasteiger partial charge >= 0.3 is 0 Å². The molecule has 0 saturated carbocycles. The van der Waals surface area contributed by atoms with Gasteiger partial charge in [-0.25, -0.2) is 0 Å². The molecule has 30 heavy (non-hydrogen) atoms. The van der Waals surface area contributed by atoms with E-state index < -0.39 is 0 Å². The molecule has 7 heteroatoms. The van der Waals surface area contributed by atoms with Crippen LogP contribution in [0.3, 0.4) is 0 Å². The Morgan fingerprint density at radius 3 is 2.50 bits per heavy atom. The van der Waals surface area contributed by atoms with Gasteiger partial charge in [0.1, 0.15) is 0 Å². The van der Waals surface area contributed by atoms with Gasteiger partial charge < -0.3 is 24.8 Å². The first kappa shape index (κ1) is 24.3. The maximum Gasteiger partial charge on any atom is 0.195 e. The second-order valence-corrected chi connectivity index (χ2v) is 7.98. The Bertz CT molecular complexity index is 850. The normalized spacial score (nSPS) is 13.8. The van der Waals surface area contributed by atoms with E-state index in [1.165, 1.54) is 5.56 Å². The predicted molar refractivity (Wildman–Crippen MR) is 132 cm³/mol. The minimum atomic E-state index is -0.150. The number of aliphatic imine (C=N–C) groups is 1. The van der Waals surface area contributed by atoms with E-state index in [0.717, 1.165) is 29.2 Å². The summed E-state index contributed by atoms with van der Waals surface area (Å²) in [6, 6.07) is 14.2. The van der Waals surface area contributed by atoms with E-state index in [1.807, 2.05) is 18.2 Å². The van der Waals surface area contributed by atoms with Crippen LogP contribution in [0.1, 0.15) is 38.3 Å². The van der Waals surface area contributed by atoms with E-state index in [2.05, 4.69) is 60.7 Å². The Hall–Kier alpha value is -2.00. The maximum absolute atomic E-state index is 5.87. The zero-order chi connectivity index (χ0) is 20.7. The number of nitrogens with zero attached hydrogens (tertiary/aromatic N) is 1. The van der Waals surface area contributed by atoms with Crippen LogP contribution in [0.5, 0.6) is 11.5 Å². The molecule has 1 heterocycles. The van der Waals surface area contributed by atoms with Gasteiger partial charge in [0.15, 0.2) is 17.5 Å². The van der Waals surface area contributed by atoms with E-state index in [9.17, 15) is 0 Å². The van der Waals surface area contributed by atoms with Gasteiger partial charge in [-0.15, -0.1) is 24.0 Å². The van der Waals surface area contributed by atoms with Crippen molar-refractivity contribution in [2.45, 2.75) is 45.9 Å². The molecule has 0 fully saturated rings. The first-order chi connectivity index (χ1) is 13.9. The summed E-state index contributed by atoms with van der Waals surface area (Å²) in [7, 11) is 1.76. The van der Waals surface area contributed by atoms with E-state index >= 15 is 0 Å². The lowest BCUT2D eigenvalue weighted by molar-refractivity contribution is -0.0149. The van der Waals surface area contributed by atoms with E-state index in [0.29, 0.717) is 32.3 Å². The minimum absolute atomic E-state index is 0. The highest BCUT2D eigenvalue weighted by atomic mass is 127. The number of rotatable bonds is 5. The van der Waals surface area contributed by atoms with Crippen LogP contribution < -0.4 is 20.1 Å². The van der Waals surface area contributed by atoms with Gasteiger partial charge in [-0.1, -0.05) is 24.3 Å². The standard InChI is InChI=1S/C23H31N3O3.HI/c1-23(2,3)29-16-18-8-5-7-17(13-18)15-25-22(24-4)26-19-9-10-20-21(14-19)28-12-6-11-27-20;/h5,7-10,13-14H,6,11-12,15-16H2,1-4H3,(H2,24,25,26);1H. The summed E-state index contributed by atoms with van der Waals surface area (Å²) in [5.41, 5.74) is 3.07. The Kier molecular flexibility index (Phi) is 9.23. The lowest BCUT2D eigenvalue weighted by Gasteiger charge is -2.20. The van der Waals surface area contributed by atoms with Crippen LogP contribution in [-0.4, -0.2) is 31.8 Å². The molecule has 0 saturated heterocycles. The van der Waals surface area contributed by atoms with Gasteiger partial charge in [0.05, 0.1) is 25.4 Å². The van der Waals surface area contributed by atoms with Gasteiger partial charge in [0.25, 0.3) is 0 Å². The molecule has 6 nitrogen and oxygen atoms in total. The molecule has 2 N–H and O–H groups in total. The molecule has 0 atom stereocenters. The average Bonchev–Trinajstić information content (AvgIpc) is 2.94. The Morgan fingerprint density at radius 2 is 1.77 bits per heavy atom. The van der Waals surface area contributed by atoms with Crippen molar-refractivity contribution in [1.82, 2.24) is 5.32 Å². The van der Waals surface area contributed by atoms with E-state index in [-0.39, 0.29) is 29.6 Å². The summed E-state index contributed by atoms with van der Waals surface area (Å²) in [6.45, 7) is 8.80. The number of guanidine groups is 1. The molecule has 0 bridgehead atoms. The monoisotopic (exact) mass is 525 g/mol. The average molecular weight is 525 g/mol. The molecule has 164 valence electrons. The van der Waals surface area contributed by atoms with Crippen LogP contribution in [-0.2, 0) is 17.9 Å². The van der Waals surface area contributed by atoms with Crippen LogP contribution in [0.2, 0.25) is 0 Å². The molecule has 0 aliphatic carbocycles. The smallest absolute Gasteiger partial charge is 0.195 e. The number of fused-ring (bicyclic) bond motifs is 1. The molecule has 1 aliphatic rings. The summed E-state index contributed by atoms with van der Waals surface area (Å²) in [5.74, 6) is 2.23. The van der Waals surface area contributed by atoms with Crippen LogP contribution in [0.25, 0.3) is 0 Å². The third-order valence-corrected chi connectivity index (χ3v) is 4.36. The van der Waals surface area contributed by atoms with Gasteiger partial charge in [0.2, 0.25) is 0 Å². The topological polar surface area (TPSA) is 64.1 Å². The molecular weight excluding hydrogens is 493 g/mol. The first-order valence-corrected chi connectivity index (χ1v) is 10.0. The lowest BCUT2D eigenvalue weighted by atomic mass is 10.1. The Balaban J connectivity index is 0.00000320. The van der Waals surface area contributed by atoms with Crippen molar-refractivity contribution in [1.29, 1.82) is 0 Å². The van der Waals surface area contributed by atoms with Crippen LogP contribution in [0, 0.1) is 0 Å². The van der Waals surface area contributed by atoms with Crippen LogP contribution in [0.4, 0.5) is 5.69 Å². The number of halogens is 1. The molecule has 2 aromatic carbocycles. The zero-order valence-corrected chi connectivity index (χ0v) is 20.5. The second kappa shape index (κ2) is 11.4. The van der Waals surface area contributed by atoms with E-state index in [4.69, 9.17) is 14.2 Å². The SMILES string of the molecule is CN=C(NCc1cccc(COC(C)(C)C)c1)Nc1ccc2c(c1)OCCCO2.I. The van der Waals surface area contributed by atoms with Crippen LogP contribution in [0.15, 0.2) is 47.5 Å². The van der Waals surface area contributed by atoms with Crippen molar-refractivity contribution >= 4 is 35.6 Å². The van der Waals surface area contributed by atoms with Crippen molar-refractivity contribution in [2.24, 2.45) is 4.99 Å². The molecule has 0 unspecified atom stereocenters. The van der Waals surface area contributed by atoms with Gasteiger partial charge in [-0.2, -0.15) is 0 Å². The van der Waals surface area contributed by atoms with Gasteiger partial charge in [0, 0.05) is 31.8 Å². The third kappa shape index (κ3) is 7.68. The molecule has 0 radical (unpaired) electrons. The van der Waals surface area contributed by atoms with Crippen molar-refractivity contribution in [2.75, 3.05) is 25.6 Å². The Labute approximate surface area is 196 Å². The Morgan fingerprint density at radius 1 is 1.03 bits per heavy atom. The number of benzene rings is 2. The highest BCUT2D eigenvalue weighted by molar-refractivity contribution is 14.0. The molecule has 2 aromatic rings. The zero-order valence-electron chi connectivity index (χ0n) is 18.2. The molecule has 0 spiro atoms. The molecule has 0 amide bonds. The fourth-order valence-corrected chi connectivity index (χ4v) is 2.87. The molecular formula is C23H32IN3O3. The predicted octanol–water partition coefficient (Wildman–Crippen LogP) is 4.97. The fourth-order valence-electron chi connectivity index (χ4n) is 2.87. The van der Waals surface area contributed by atoms with Crippen molar-refractivity contribution in [3.05, 3.63) is 53.6 Å². The number of ether oxygens (including phenoxy) is 3. The summed E-state index contributed by atoms with van der Waals surface area (Å²) in [5, 5.41) is 6.66. The highest BCUT2D eigenvalue weighted by Crippen LogP contribution is 2.32. The van der Waals surface area contributed by atoms with E-state index in [1.54, 1.807) is 7.05 Å². The molecule has 1 aliphatic heterocycles. The number of hydrogen-bond acceptors (Lipinski definition) is 4. The lowest BCUT2D eigenvalue weighted by Crippen LogP contribution is -2.30. The number of hydrogen-bond donors (Lipinski definition) is 2. The van der Waals surface area contributed by atoms with Crippen molar-refractivity contribution in [3.8, 4) is 11.5 Å². The first-order valence-electron chi connectivity index (χ1n) is 10.0. The molecule has 3 rings (SSSR count). The number of anilines is 1. The summed E-state index contributed by atoms with van der Waals surface area (Å²) in [4.78, 5) is 4.32. The van der Waals surface area contributed by atoms with Crippen molar-refractivity contribution in [3.63, 3.8) is 0 Å². The largest absolute Gasteiger partial charge is 0.490 e. The van der Waals surface area contributed by atoms with Gasteiger partial charge in [-0.3, -0.25) is 4.99 Å². The van der Waals surface area contributed by atoms with Crippen LogP contribution >= 0.6 is 24.0 Å². The minimum Gasteiger partial charge on any atom is -0.490 e. The third-order valence-electron chi connectivity index (χ3n) is 4.36. The summed E-state index contributed by atoms with van der Waals surface area (Å²) in [6.07, 6.45) is 0.889. The maximum atomic E-state index is 5.87. The number of nitrogens with one attached hydrogen (secondary N) is 2. The molecule has 0 aromatic heterocycles. The van der Waals surface area contributed by atoms with Gasteiger partial charge in [-0.05, 0) is 44.0 Å². The fraction of sp³-hybridized carbons (Fsp3) is 0.435. The summed E-state index contributed by atoms with van der Waals surface area (Å²) >= 11 is 0.